The quantitative estimate of drug-likeness (QED) is 0.775. The molecule has 0 aliphatic heterocycles. The molecule has 0 spiro atoms. The van der Waals surface area contributed by atoms with Crippen molar-refractivity contribution in [3.8, 4) is 5.82 Å². The number of rotatable bonds is 2. The molecule has 1 aliphatic rings. The Labute approximate surface area is 102 Å². The minimum Gasteiger partial charge on any atom is -0.221 e. The molecule has 0 bridgehead atoms. The van der Waals surface area contributed by atoms with E-state index in [9.17, 15) is 0 Å². The molecule has 4 nitrogen and oxygen atoms in total. The Balaban J connectivity index is 2.06. The van der Waals surface area contributed by atoms with Crippen molar-refractivity contribution in [1.82, 2.24) is 19.7 Å². The summed E-state index contributed by atoms with van der Waals surface area (Å²) in [6.07, 6.45) is 5.53. The molecule has 82 valence electrons. The third kappa shape index (κ3) is 1.90. The number of nitrogens with zero attached hydrogens (tertiary/aromatic N) is 4. The van der Waals surface area contributed by atoms with Gasteiger partial charge in [0.25, 0.3) is 0 Å². The Hall–Kier alpha value is -1.13. The lowest BCUT2D eigenvalue weighted by Crippen LogP contribution is -2.02. The van der Waals surface area contributed by atoms with Gasteiger partial charge in [-0.2, -0.15) is 5.10 Å². The highest BCUT2D eigenvalue weighted by molar-refractivity contribution is 6.30. The van der Waals surface area contributed by atoms with Gasteiger partial charge in [0.1, 0.15) is 11.0 Å². The van der Waals surface area contributed by atoms with Crippen LogP contribution in [0.5, 0.6) is 0 Å². The van der Waals surface area contributed by atoms with E-state index in [2.05, 4.69) is 15.1 Å². The second kappa shape index (κ2) is 3.71. The first kappa shape index (κ1) is 10.1. The van der Waals surface area contributed by atoms with Crippen LogP contribution in [0.3, 0.4) is 0 Å². The molecule has 16 heavy (non-hydrogen) atoms. The third-order valence-electron chi connectivity index (χ3n) is 2.43. The summed E-state index contributed by atoms with van der Waals surface area (Å²) in [6, 6.07) is 1.68. The summed E-state index contributed by atoms with van der Waals surface area (Å²) in [5.41, 5.74) is 0. The van der Waals surface area contributed by atoms with Crippen molar-refractivity contribution in [2.24, 2.45) is 0 Å². The second-order valence-electron chi connectivity index (χ2n) is 3.78. The first-order chi connectivity index (χ1) is 7.72. The van der Waals surface area contributed by atoms with Gasteiger partial charge < -0.3 is 0 Å². The molecule has 1 aliphatic carbocycles. The smallest absolute Gasteiger partial charge is 0.158 e. The maximum Gasteiger partial charge on any atom is 0.158 e. The molecule has 0 atom stereocenters. The van der Waals surface area contributed by atoms with Gasteiger partial charge in [-0.05, 0) is 12.8 Å². The minimum absolute atomic E-state index is 0.443. The molecule has 2 aromatic rings. The molecule has 1 saturated carbocycles. The van der Waals surface area contributed by atoms with Gasteiger partial charge in [-0.1, -0.05) is 23.2 Å². The molecule has 0 aromatic carbocycles. The lowest BCUT2D eigenvalue weighted by molar-refractivity contribution is 0.810. The summed E-state index contributed by atoms with van der Waals surface area (Å²) in [5, 5.41) is 5.10. The molecule has 0 unspecified atom stereocenters. The molecule has 0 radical (unpaired) electrons. The average molecular weight is 255 g/mol. The van der Waals surface area contributed by atoms with Crippen LogP contribution in [0.4, 0.5) is 0 Å². The van der Waals surface area contributed by atoms with Crippen LogP contribution in [0.1, 0.15) is 24.6 Å². The maximum atomic E-state index is 5.95. The highest BCUT2D eigenvalue weighted by Crippen LogP contribution is 2.38. The zero-order valence-electron chi connectivity index (χ0n) is 8.27. The molecule has 6 heteroatoms. The van der Waals surface area contributed by atoms with Crippen LogP contribution in [0.25, 0.3) is 5.82 Å². The predicted octanol–water partition coefficient (Wildman–Crippen LogP) is 2.85. The van der Waals surface area contributed by atoms with Crippen LogP contribution < -0.4 is 0 Å². The Kier molecular flexibility index (Phi) is 2.33. The number of halogens is 2. The first-order valence-electron chi connectivity index (χ1n) is 4.97. The van der Waals surface area contributed by atoms with Crippen molar-refractivity contribution in [1.29, 1.82) is 0 Å². The van der Waals surface area contributed by atoms with Gasteiger partial charge in [-0.15, -0.1) is 0 Å². The largest absolute Gasteiger partial charge is 0.221 e. The fourth-order valence-corrected chi connectivity index (χ4v) is 1.81. The molecular weight excluding hydrogens is 247 g/mol. The van der Waals surface area contributed by atoms with Crippen LogP contribution in [-0.4, -0.2) is 19.7 Å². The number of hydrogen-bond donors (Lipinski definition) is 0. The van der Waals surface area contributed by atoms with Crippen LogP contribution in [0.2, 0.25) is 10.2 Å². The number of aromatic nitrogens is 4. The third-order valence-corrected chi connectivity index (χ3v) is 2.82. The van der Waals surface area contributed by atoms with E-state index in [-0.39, 0.29) is 0 Å². The summed E-state index contributed by atoms with van der Waals surface area (Å²) in [5.74, 6) is 1.92. The number of hydrogen-bond acceptors (Lipinski definition) is 3. The summed E-state index contributed by atoms with van der Waals surface area (Å²) < 4.78 is 1.60. The summed E-state index contributed by atoms with van der Waals surface area (Å²) >= 11 is 11.8. The Bertz CT molecular complexity index is 533. The van der Waals surface area contributed by atoms with Crippen LogP contribution in [-0.2, 0) is 0 Å². The minimum atomic E-state index is 0.443. The topological polar surface area (TPSA) is 43.6 Å². The summed E-state index contributed by atoms with van der Waals surface area (Å²) in [7, 11) is 0. The van der Waals surface area contributed by atoms with E-state index < -0.39 is 0 Å². The van der Waals surface area contributed by atoms with Crippen LogP contribution in [0, 0.1) is 0 Å². The van der Waals surface area contributed by atoms with Crippen molar-refractivity contribution in [2.45, 2.75) is 18.8 Å². The predicted molar refractivity (Wildman–Crippen MR) is 61.1 cm³/mol. The molecule has 0 N–H and O–H groups in total. The van der Waals surface area contributed by atoms with Gasteiger partial charge in [0, 0.05) is 12.0 Å². The highest BCUT2D eigenvalue weighted by atomic mass is 35.5. The SMILES string of the molecule is Clc1cnn(-c2cc(Cl)nc(C3CC3)n2)c1. The van der Waals surface area contributed by atoms with E-state index in [0.717, 1.165) is 18.7 Å². The van der Waals surface area contributed by atoms with Crippen molar-refractivity contribution < 1.29 is 0 Å². The summed E-state index contributed by atoms with van der Waals surface area (Å²) in [6.45, 7) is 0. The fraction of sp³-hybridized carbons (Fsp3) is 0.300. The van der Waals surface area contributed by atoms with E-state index >= 15 is 0 Å². The van der Waals surface area contributed by atoms with Gasteiger partial charge in [-0.25, -0.2) is 14.6 Å². The molecule has 2 aromatic heterocycles. The normalized spacial score (nSPS) is 15.4. The molecule has 0 saturated heterocycles. The average Bonchev–Trinajstić information content (AvgIpc) is 3.01. The monoisotopic (exact) mass is 254 g/mol. The van der Waals surface area contributed by atoms with Crippen molar-refractivity contribution in [2.75, 3.05) is 0 Å². The van der Waals surface area contributed by atoms with Gasteiger partial charge >= 0.3 is 0 Å². The zero-order chi connectivity index (χ0) is 11.1. The van der Waals surface area contributed by atoms with Gasteiger partial charge in [0.2, 0.25) is 0 Å². The van der Waals surface area contributed by atoms with Crippen molar-refractivity contribution >= 4 is 23.2 Å². The van der Waals surface area contributed by atoms with E-state index in [1.165, 1.54) is 0 Å². The Morgan fingerprint density at radius 2 is 2.06 bits per heavy atom. The van der Waals surface area contributed by atoms with Crippen LogP contribution in [0.15, 0.2) is 18.5 Å². The molecule has 3 rings (SSSR count). The Morgan fingerprint density at radius 1 is 1.25 bits per heavy atom. The van der Waals surface area contributed by atoms with E-state index in [1.54, 1.807) is 23.1 Å². The van der Waals surface area contributed by atoms with E-state index in [1.807, 2.05) is 0 Å². The zero-order valence-corrected chi connectivity index (χ0v) is 9.78. The highest BCUT2D eigenvalue weighted by Gasteiger charge is 2.27. The van der Waals surface area contributed by atoms with E-state index in [0.29, 0.717) is 21.9 Å². The summed E-state index contributed by atoms with van der Waals surface area (Å²) in [4.78, 5) is 8.63. The molecule has 2 heterocycles. The van der Waals surface area contributed by atoms with Gasteiger partial charge in [0.15, 0.2) is 5.82 Å². The maximum absolute atomic E-state index is 5.95. The van der Waals surface area contributed by atoms with Gasteiger partial charge in [-0.3, -0.25) is 0 Å². The first-order valence-corrected chi connectivity index (χ1v) is 5.73. The second-order valence-corrected chi connectivity index (χ2v) is 4.61. The molecular formula is C10H8Cl2N4. The van der Waals surface area contributed by atoms with Crippen molar-refractivity contribution in [3.05, 3.63) is 34.5 Å². The Morgan fingerprint density at radius 3 is 2.69 bits per heavy atom. The molecule has 0 amide bonds. The van der Waals surface area contributed by atoms with Gasteiger partial charge in [0.05, 0.1) is 17.4 Å². The van der Waals surface area contributed by atoms with Crippen LogP contribution >= 0.6 is 23.2 Å². The fourth-order valence-electron chi connectivity index (χ4n) is 1.49. The standard InChI is InChI=1S/C10H8Cl2N4/c11-7-4-13-16(5-7)9-3-8(12)14-10(15-9)6-1-2-6/h3-6H,1-2H2. The van der Waals surface area contributed by atoms with E-state index in [4.69, 9.17) is 23.2 Å². The lowest BCUT2D eigenvalue weighted by atomic mass is 10.4. The molecule has 1 fully saturated rings. The van der Waals surface area contributed by atoms with Crippen molar-refractivity contribution in [3.63, 3.8) is 0 Å². The lowest BCUT2D eigenvalue weighted by Gasteiger charge is -2.03.